The van der Waals surface area contributed by atoms with Crippen LogP contribution in [0.2, 0.25) is 0 Å². The van der Waals surface area contributed by atoms with Crippen molar-refractivity contribution in [2.24, 2.45) is 0 Å². The summed E-state index contributed by atoms with van der Waals surface area (Å²) in [6.45, 7) is 0.912. The van der Waals surface area contributed by atoms with Crippen molar-refractivity contribution in [1.82, 2.24) is 10.2 Å². The Morgan fingerprint density at radius 2 is 2.12 bits per heavy atom. The summed E-state index contributed by atoms with van der Waals surface area (Å²) in [5.41, 5.74) is 0.787. The highest BCUT2D eigenvalue weighted by Crippen LogP contribution is 2.23. The Morgan fingerprint density at radius 3 is 2.76 bits per heavy atom. The molecule has 1 aliphatic rings. The maximum atomic E-state index is 11.9. The molecule has 0 saturated carbocycles. The van der Waals surface area contributed by atoms with Crippen LogP contribution in [0.3, 0.4) is 0 Å². The summed E-state index contributed by atoms with van der Waals surface area (Å²) in [5.74, 6) is -0.173. The van der Waals surface area contributed by atoms with E-state index in [1.165, 1.54) is 12.0 Å². The van der Waals surface area contributed by atoms with Gasteiger partial charge in [0.15, 0.2) is 0 Å². The van der Waals surface area contributed by atoms with Crippen molar-refractivity contribution >= 4 is 12.0 Å². The summed E-state index contributed by atoms with van der Waals surface area (Å²) in [4.78, 5) is 24.9. The number of hydrogen-bond donors (Lipinski definition) is 1. The fraction of sp³-hybridized carbons (Fsp3) is 0.333. The summed E-state index contributed by atoms with van der Waals surface area (Å²) >= 11 is 0. The number of carbonyl (C=O) groups is 2. The number of amides is 2. The van der Waals surface area contributed by atoms with Crippen LogP contribution >= 0.6 is 0 Å². The van der Waals surface area contributed by atoms with Crippen LogP contribution in [0.5, 0.6) is 0 Å². The van der Waals surface area contributed by atoms with Crippen LogP contribution in [0.15, 0.2) is 30.3 Å². The molecule has 0 aromatic heterocycles. The Bertz CT molecular complexity index is 419. The molecule has 1 aromatic rings. The van der Waals surface area contributed by atoms with Gasteiger partial charge in [-0.1, -0.05) is 30.3 Å². The van der Waals surface area contributed by atoms with Gasteiger partial charge in [-0.2, -0.15) is 0 Å². The summed E-state index contributed by atoms with van der Waals surface area (Å²) < 4.78 is 4.70. The zero-order valence-electron chi connectivity index (χ0n) is 9.55. The lowest BCUT2D eigenvalue weighted by Gasteiger charge is -2.34. The number of nitrogens with zero attached hydrogens (tertiary/aromatic N) is 1. The number of benzene rings is 1. The normalized spacial score (nSPS) is 19.7. The first-order chi connectivity index (χ1) is 8.24. The number of ether oxygens (including phenoxy) is 1. The van der Waals surface area contributed by atoms with Crippen molar-refractivity contribution in [3.63, 3.8) is 0 Å². The number of methoxy groups -OCH3 is 1. The fourth-order valence-corrected chi connectivity index (χ4v) is 1.95. The molecule has 1 fully saturated rings. The minimum absolute atomic E-state index is 0.173. The first-order valence-electron chi connectivity index (χ1n) is 5.41. The van der Waals surface area contributed by atoms with E-state index in [9.17, 15) is 9.59 Å². The minimum Gasteiger partial charge on any atom is -0.453 e. The van der Waals surface area contributed by atoms with Crippen LogP contribution in [-0.4, -0.2) is 37.1 Å². The van der Waals surface area contributed by atoms with Crippen molar-refractivity contribution < 1.29 is 14.3 Å². The molecular formula is C12H14N2O3. The van der Waals surface area contributed by atoms with Gasteiger partial charge in [-0.25, -0.2) is 4.79 Å². The lowest BCUT2D eigenvalue weighted by atomic mass is 10.0. The molecule has 1 N–H and O–H groups in total. The van der Waals surface area contributed by atoms with Crippen LogP contribution in [0.25, 0.3) is 0 Å². The van der Waals surface area contributed by atoms with Crippen molar-refractivity contribution in [1.29, 1.82) is 0 Å². The van der Waals surface area contributed by atoms with E-state index in [0.717, 1.165) is 5.56 Å². The second kappa shape index (κ2) is 4.86. The maximum absolute atomic E-state index is 11.9. The van der Waals surface area contributed by atoms with Gasteiger partial charge in [0.25, 0.3) is 0 Å². The van der Waals surface area contributed by atoms with E-state index in [1.54, 1.807) is 0 Å². The van der Waals surface area contributed by atoms with Crippen molar-refractivity contribution in [3.8, 4) is 0 Å². The SMILES string of the molecule is COC(=O)N1CCNC(=O)C1c1ccccc1. The van der Waals surface area contributed by atoms with Gasteiger partial charge >= 0.3 is 6.09 Å². The van der Waals surface area contributed by atoms with Gasteiger partial charge in [-0.05, 0) is 5.56 Å². The predicted molar refractivity (Wildman–Crippen MR) is 61.3 cm³/mol. The highest BCUT2D eigenvalue weighted by atomic mass is 16.5. The molecule has 17 heavy (non-hydrogen) atoms. The number of nitrogens with one attached hydrogen (secondary N) is 1. The van der Waals surface area contributed by atoms with E-state index in [-0.39, 0.29) is 5.91 Å². The van der Waals surface area contributed by atoms with Gasteiger partial charge in [-0.15, -0.1) is 0 Å². The topological polar surface area (TPSA) is 58.6 Å². The summed E-state index contributed by atoms with van der Waals surface area (Å²) in [6.07, 6.45) is -0.478. The molecule has 1 saturated heterocycles. The molecule has 1 heterocycles. The molecule has 0 aliphatic carbocycles. The minimum atomic E-state index is -0.600. The molecule has 1 aromatic carbocycles. The van der Waals surface area contributed by atoms with Crippen LogP contribution in [0.1, 0.15) is 11.6 Å². The predicted octanol–water partition coefficient (Wildman–Crippen LogP) is 0.926. The monoisotopic (exact) mass is 234 g/mol. The van der Waals surface area contributed by atoms with E-state index in [0.29, 0.717) is 13.1 Å². The van der Waals surface area contributed by atoms with E-state index < -0.39 is 12.1 Å². The molecule has 1 aliphatic heterocycles. The highest BCUT2D eigenvalue weighted by molar-refractivity contribution is 5.87. The third-order valence-corrected chi connectivity index (χ3v) is 2.74. The number of rotatable bonds is 1. The largest absolute Gasteiger partial charge is 0.453 e. The number of carbonyl (C=O) groups excluding carboxylic acids is 2. The average molecular weight is 234 g/mol. The molecule has 1 unspecified atom stereocenters. The van der Waals surface area contributed by atoms with Gasteiger partial charge in [0.2, 0.25) is 5.91 Å². The Hall–Kier alpha value is -2.04. The molecule has 0 radical (unpaired) electrons. The molecule has 5 heteroatoms. The van der Waals surface area contributed by atoms with Crippen LogP contribution in [0.4, 0.5) is 4.79 Å². The van der Waals surface area contributed by atoms with Crippen molar-refractivity contribution in [2.75, 3.05) is 20.2 Å². The van der Waals surface area contributed by atoms with Gasteiger partial charge in [-0.3, -0.25) is 9.69 Å². The second-order valence-corrected chi connectivity index (χ2v) is 3.77. The zero-order chi connectivity index (χ0) is 12.3. The summed E-state index contributed by atoms with van der Waals surface area (Å²) in [7, 11) is 1.32. The smallest absolute Gasteiger partial charge is 0.410 e. The fourth-order valence-electron chi connectivity index (χ4n) is 1.95. The highest BCUT2D eigenvalue weighted by Gasteiger charge is 2.34. The molecular weight excluding hydrogens is 220 g/mol. The Kier molecular flexibility index (Phi) is 3.27. The van der Waals surface area contributed by atoms with E-state index >= 15 is 0 Å². The average Bonchev–Trinajstić information content (AvgIpc) is 2.38. The Morgan fingerprint density at radius 1 is 1.41 bits per heavy atom. The maximum Gasteiger partial charge on any atom is 0.410 e. The number of hydrogen-bond acceptors (Lipinski definition) is 3. The molecule has 2 amide bonds. The van der Waals surface area contributed by atoms with Gasteiger partial charge in [0.1, 0.15) is 6.04 Å². The Balaban J connectivity index is 2.31. The molecule has 0 bridgehead atoms. The lowest BCUT2D eigenvalue weighted by molar-refractivity contribution is -0.128. The lowest BCUT2D eigenvalue weighted by Crippen LogP contribution is -2.52. The first-order valence-corrected chi connectivity index (χ1v) is 5.41. The van der Waals surface area contributed by atoms with E-state index in [4.69, 9.17) is 4.74 Å². The first kappa shape index (κ1) is 11.4. The third kappa shape index (κ3) is 2.22. The standard InChI is InChI=1S/C12H14N2O3/c1-17-12(16)14-8-7-13-11(15)10(14)9-5-3-2-4-6-9/h2-6,10H,7-8H2,1H3,(H,13,15). The quantitative estimate of drug-likeness (QED) is 0.786. The molecule has 0 spiro atoms. The van der Waals surface area contributed by atoms with Crippen LogP contribution < -0.4 is 5.32 Å². The van der Waals surface area contributed by atoms with E-state index in [2.05, 4.69) is 5.32 Å². The molecule has 90 valence electrons. The second-order valence-electron chi connectivity index (χ2n) is 3.77. The van der Waals surface area contributed by atoms with Crippen LogP contribution in [0, 0.1) is 0 Å². The van der Waals surface area contributed by atoms with Crippen LogP contribution in [-0.2, 0) is 9.53 Å². The van der Waals surface area contributed by atoms with Gasteiger partial charge < -0.3 is 10.1 Å². The zero-order valence-corrected chi connectivity index (χ0v) is 9.55. The van der Waals surface area contributed by atoms with E-state index in [1.807, 2.05) is 30.3 Å². The summed E-state index contributed by atoms with van der Waals surface area (Å²) in [6, 6.07) is 8.60. The third-order valence-electron chi connectivity index (χ3n) is 2.74. The van der Waals surface area contributed by atoms with Gasteiger partial charge in [0.05, 0.1) is 7.11 Å². The number of piperazine rings is 1. The summed E-state index contributed by atoms with van der Waals surface area (Å²) in [5, 5.41) is 2.75. The molecule has 1 atom stereocenters. The van der Waals surface area contributed by atoms with Crippen molar-refractivity contribution in [2.45, 2.75) is 6.04 Å². The molecule has 2 rings (SSSR count). The van der Waals surface area contributed by atoms with Crippen molar-refractivity contribution in [3.05, 3.63) is 35.9 Å². The van der Waals surface area contributed by atoms with Gasteiger partial charge in [0, 0.05) is 13.1 Å². The molecule has 5 nitrogen and oxygen atoms in total. The Labute approximate surface area is 99.4 Å².